The monoisotopic (exact) mass is 329 g/mol. The minimum absolute atomic E-state index is 0.0188. The zero-order valence-electron chi connectivity index (χ0n) is 13.8. The highest BCUT2D eigenvalue weighted by molar-refractivity contribution is 5.96. The summed E-state index contributed by atoms with van der Waals surface area (Å²) in [5, 5.41) is 0. The summed E-state index contributed by atoms with van der Waals surface area (Å²) in [6, 6.07) is 7.54. The number of benzene rings is 1. The van der Waals surface area contributed by atoms with Gasteiger partial charge in [0.1, 0.15) is 5.82 Å². The fourth-order valence-corrected chi connectivity index (χ4v) is 3.03. The Balaban J connectivity index is 1.64. The van der Waals surface area contributed by atoms with Crippen LogP contribution in [0, 0.1) is 19.7 Å². The molecule has 0 saturated carbocycles. The third kappa shape index (κ3) is 3.18. The Kier molecular flexibility index (Phi) is 4.38. The lowest BCUT2D eigenvalue weighted by Crippen LogP contribution is -2.50. The smallest absolute Gasteiger partial charge is 0.255 e. The van der Waals surface area contributed by atoms with Gasteiger partial charge in [0.2, 0.25) is 0 Å². The molecular formula is C18H20FN3O2. The number of amides is 2. The molecule has 0 unspecified atom stereocenters. The van der Waals surface area contributed by atoms with Gasteiger partial charge >= 0.3 is 0 Å². The van der Waals surface area contributed by atoms with E-state index >= 15 is 0 Å². The van der Waals surface area contributed by atoms with Crippen molar-refractivity contribution < 1.29 is 14.0 Å². The SMILES string of the molecule is Cc1cc(C(=O)N2CCN(C(=O)c3cccc(F)c3)CC2)c(C)[nH]1. The number of aromatic amines is 1. The largest absolute Gasteiger partial charge is 0.362 e. The molecule has 0 bridgehead atoms. The van der Waals surface area contributed by atoms with E-state index in [4.69, 9.17) is 0 Å². The lowest BCUT2D eigenvalue weighted by atomic mass is 10.1. The van der Waals surface area contributed by atoms with Crippen LogP contribution in [0.1, 0.15) is 32.1 Å². The van der Waals surface area contributed by atoms with E-state index in [9.17, 15) is 14.0 Å². The third-order valence-electron chi connectivity index (χ3n) is 4.31. The number of carbonyl (C=O) groups is 2. The molecule has 6 heteroatoms. The normalized spacial score (nSPS) is 14.8. The summed E-state index contributed by atoms with van der Waals surface area (Å²) in [5.74, 6) is -0.641. The first kappa shape index (κ1) is 16.2. The number of aromatic nitrogens is 1. The topological polar surface area (TPSA) is 56.4 Å². The number of nitrogens with one attached hydrogen (secondary N) is 1. The van der Waals surface area contributed by atoms with E-state index in [1.54, 1.807) is 15.9 Å². The minimum atomic E-state index is -0.423. The Hall–Kier alpha value is -2.63. The van der Waals surface area contributed by atoms with Gasteiger partial charge in [-0.15, -0.1) is 0 Å². The molecule has 1 aromatic carbocycles. The molecule has 2 amide bonds. The van der Waals surface area contributed by atoms with E-state index in [1.165, 1.54) is 18.2 Å². The number of nitrogens with zero attached hydrogens (tertiary/aromatic N) is 2. The molecule has 1 aliphatic heterocycles. The van der Waals surface area contributed by atoms with E-state index in [2.05, 4.69) is 4.98 Å². The molecule has 0 atom stereocenters. The van der Waals surface area contributed by atoms with Gasteiger partial charge in [-0.1, -0.05) is 6.07 Å². The van der Waals surface area contributed by atoms with Crippen molar-refractivity contribution in [1.82, 2.24) is 14.8 Å². The molecular weight excluding hydrogens is 309 g/mol. The lowest BCUT2D eigenvalue weighted by molar-refractivity contribution is 0.0535. The van der Waals surface area contributed by atoms with Crippen molar-refractivity contribution in [2.45, 2.75) is 13.8 Å². The standard InChI is InChI=1S/C18H20FN3O2/c1-12-10-16(13(2)20-12)18(24)22-8-6-21(7-9-22)17(23)14-4-3-5-15(19)11-14/h3-5,10-11,20H,6-9H2,1-2H3. The summed E-state index contributed by atoms with van der Waals surface area (Å²) in [6.45, 7) is 5.64. The maximum Gasteiger partial charge on any atom is 0.255 e. The van der Waals surface area contributed by atoms with Crippen molar-refractivity contribution in [1.29, 1.82) is 0 Å². The average Bonchev–Trinajstić information content (AvgIpc) is 2.92. The molecule has 5 nitrogen and oxygen atoms in total. The lowest BCUT2D eigenvalue weighted by Gasteiger charge is -2.34. The molecule has 1 aromatic heterocycles. The molecule has 0 radical (unpaired) electrons. The van der Waals surface area contributed by atoms with Crippen molar-refractivity contribution in [3.63, 3.8) is 0 Å². The molecule has 1 aliphatic rings. The van der Waals surface area contributed by atoms with Gasteiger partial charge in [-0.2, -0.15) is 0 Å². The first-order valence-electron chi connectivity index (χ1n) is 7.96. The predicted octanol–water partition coefficient (Wildman–Crippen LogP) is 2.37. The van der Waals surface area contributed by atoms with E-state index in [0.717, 1.165) is 11.4 Å². The fraction of sp³-hybridized carbons (Fsp3) is 0.333. The van der Waals surface area contributed by atoms with Crippen LogP contribution in [0.4, 0.5) is 4.39 Å². The van der Waals surface area contributed by atoms with Crippen molar-refractivity contribution in [3.8, 4) is 0 Å². The summed E-state index contributed by atoms with van der Waals surface area (Å²) in [6.07, 6.45) is 0. The number of aryl methyl sites for hydroxylation is 2. The summed E-state index contributed by atoms with van der Waals surface area (Å²) >= 11 is 0. The second-order valence-corrected chi connectivity index (χ2v) is 6.09. The van der Waals surface area contributed by atoms with Gasteiger partial charge in [-0.05, 0) is 38.1 Å². The number of halogens is 1. The summed E-state index contributed by atoms with van der Waals surface area (Å²) in [5.41, 5.74) is 2.83. The van der Waals surface area contributed by atoms with Crippen LogP contribution >= 0.6 is 0 Å². The van der Waals surface area contributed by atoms with E-state index in [1.807, 2.05) is 19.9 Å². The molecule has 24 heavy (non-hydrogen) atoms. The Morgan fingerprint density at radius 3 is 2.17 bits per heavy atom. The summed E-state index contributed by atoms with van der Waals surface area (Å²) < 4.78 is 13.3. The van der Waals surface area contributed by atoms with Crippen LogP contribution in [0.5, 0.6) is 0 Å². The number of carbonyl (C=O) groups excluding carboxylic acids is 2. The first-order valence-corrected chi connectivity index (χ1v) is 7.96. The fourth-order valence-electron chi connectivity index (χ4n) is 3.03. The maximum absolute atomic E-state index is 13.3. The highest BCUT2D eigenvalue weighted by Crippen LogP contribution is 2.15. The van der Waals surface area contributed by atoms with Crippen molar-refractivity contribution >= 4 is 11.8 Å². The van der Waals surface area contributed by atoms with Crippen LogP contribution in [0.25, 0.3) is 0 Å². The highest BCUT2D eigenvalue weighted by Gasteiger charge is 2.26. The van der Waals surface area contributed by atoms with Gasteiger partial charge in [-0.3, -0.25) is 9.59 Å². The van der Waals surface area contributed by atoms with Gasteiger partial charge in [0, 0.05) is 43.1 Å². The number of piperazine rings is 1. The molecule has 2 heterocycles. The van der Waals surface area contributed by atoms with E-state index in [0.29, 0.717) is 37.3 Å². The second kappa shape index (κ2) is 6.47. The average molecular weight is 329 g/mol. The Morgan fingerprint density at radius 1 is 1.00 bits per heavy atom. The van der Waals surface area contributed by atoms with Crippen LogP contribution in [0.15, 0.2) is 30.3 Å². The van der Waals surface area contributed by atoms with E-state index in [-0.39, 0.29) is 11.8 Å². The van der Waals surface area contributed by atoms with Crippen LogP contribution in [-0.2, 0) is 0 Å². The Morgan fingerprint density at radius 2 is 1.62 bits per heavy atom. The Bertz CT molecular complexity index is 776. The summed E-state index contributed by atoms with van der Waals surface area (Å²) in [7, 11) is 0. The molecule has 1 fully saturated rings. The number of H-pyrrole nitrogens is 1. The van der Waals surface area contributed by atoms with Crippen molar-refractivity contribution in [3.05, 3.63) is 58.7 Å². The summed E-state index contributed by atoms with van der Waals surface area (Å²) in [4.78, 5) is 31.5. The first-order chi connectivity index (χ1) is 11.5. The van der Waals surface area contributed by atoms with Crippen LogP contribution in [0.2, 0.25) is 0 Å². The van der Waals surface area contributed by atoms with Gasteiger partial charge in [0.05, 0.1) is 5.56 Å². The molecule has 3 rings (SSSR count). The molecule has 0 spiro atoms. The maximum atomic E-state index is 13.3. The molecule has 2 aromatic rings. The van der Waals surface area contributed by atoms with Gasteiger partial charge in [0.15, 0.2) is 0 Å². The zero-order valence-corrected chi connectivity index (χ0v) is 13.8. The van der Waals surface area contributed by atoms with Crippen LogP contribution in [0.3, 0.4) is 0 Å². The zero-order chi connectivity index (χ0) is 17.3. The molecule has 1 saturated heterocycles. The third-order valence-corrected chi connectivity index (χ3v) is 4.31. The number of rotatable bonds is 2. The van der Waals surface area contributed by atoms with Gasteiger partial charge < -0.3 is 14.8 Å². The van der Waals surface area contributed by atoms with Crippen molar-refractivity contribution in [2.24, 2.45) is 0 Å². The van der Waals surface area contributed by atoms with Crippen molar-refractivity contribution in [2.75, 3.05) is 26.2 Å². The van der Waals surface area contributed by atoms with Crippen LogP contribution in [-0.4, -0.2) is 52.8 Å². The quantitative estimate of drug-likeness (QED) is 0.920. The highest BCUT2D eigenvalue weighted by atomic mass is 19.1. The Labute approximate surface area is 140 Å². The second-order valence-electron chi connectivity index (χ2n) is 6.09. The molecule has 0 aliphatic carbocycles. The number of hydrogen-bond acceptors (Lipinski definition) is 2. The predicted molar refractivity (Wildman–Crippen MR) is 88.5 cm³/mol. The molecule has 1 N–H and O–H groups in total. The van der Waals surface area contributed by atoms with E-state index < -0.39 is 5.82 Å². The van der Waals surface area contributed by atoms with Crippen LogP contribution < -0.4 is 0 Å². The van der Waals surface area contributed by atoms with Gasteiger partial charge in [-0.25, -0.2) is 4.39 Å². The minimum Gasteiger partial charge on any atom is -0.362 e. The number of hydrogen-bond donors (Lipinski definition) is 1. The van der Waals surface area contributed by atoms with Gasteiger partial charge in [0.25, 0.3) is 11.8 Å². The molecule has 126 valence electrons.